The summed E-state index contributed by atoms with van der Waals surface area (Å²) in [5.41, 5.74) is 2.64. The molecule has 1 aromatic carbocycles. The number of nitrogens with zero attached hydrogens (tertiary/aromatic N) is 3. The van der Waals surface area contributed by atoms with Crippen molar-refractivity contribution >= 4 is 5.69 Å². The minimum absolute atomic E-state index is 0.504. The second kappa shape index (κ2) is 6.05. The summed E-state index contributed by atoms with van der Waals surface area (Å²) in [5.74, 6) is 0. The van der Waals surface area contributed by atoms with Crippen LogP contribution in [0.4, 0.5) is 5.69 Å². The largest absolute Gasteiger partial charge is 0.389 e. The van der Waals surface area contributed by atoms with Gasteiger partial charge in [-0.15, -0.1) is 0 Å². The molecule has 4 heteroatoms. The number of hydrogen-bond donors (Lipinski definition) is 1. The van der Waals surface area contributed by atoms with E-state index in [-0.39, 0.29) is 0 Å². The van der Waals surface area contributed by atoms with Crippen molar-refractivity contribution in [1.82, 2.24) is 4.90 Å². The minimum Gasteiger partial charge on any atom is -0.389 e. The normalized spacial score (nSPS) is 24.2. The highest BCUT2D eigenvalue weighted by atomic mass is 16.3. The summed E-state index contributed by atoms with van der Waals surface area (Å²) in [5, 5.41) is 19.2. The van der Waals surface area contributed by atoms with Gasteiger partial charge in [-0.25, -0.2) is 0 Å². The Bertz CT molecular complexity index is 549. The zero-order valence-corrected chi connectivity index (χ0v) is 12.6. The molecule has 0 bridgehead atoms. The maximum Gasteiger partial charge on any atom is 0.0992 e. The lowest BCUT2D eigenvalue weighted by atomic mass is 10.0. The zero-order valence-electron chi connectivity index (χ0n) is 12.6. The summed E-state index contributed by atoms with van der Waals surface area (Å²) in [4.78, 5) is 4.97. The van der Waals surface area contributed by atoms with Crippen molar-refractivity contribution in [2.75, 3.05) is 31.1 Å². The van der Waals surface area contributed by atoms with E-state index in [2.05, 4.69) is 15.9 Å². The SMILES string of the molecule is CC(O)c1ccc(C#N)cc1N1CCCN2CCCC2C1. The van der Waals surface area contributed by atoms with Gasteiger partial charge in [-0.2, -0.15) is 5.26 Å². The van der Waals surface area contributed by atoms with Crippen molar-refractivity contribution in [3.05, 3.63) is 29.3 Å². The van der Waals surface area contributed by atoms with Gasteiger partial charge >= 0.3 is 0 Å². The van der Waals surface area contributed by atoms with Gasteiger partial charge in [0.1, 0.15) is 0 Å². The number of nitriles is 1. The lowest BCUT2D eigenvalue weighted by Crippen LogP contribution is -2.37. The van der Waals surface area contributed by atoms with Crippen LogP contribution in [0.5, 0.6) is 0 Å². The minimum atomic E-state index is -0.504. The van der Waals surface area contributed by atoms with Crippen LogP contribution in [0.15, 0.2) is 18.2 Å². The fourth-order valence-corrected chi connectivity index (χ4v) is 3.67. The predicted octanol–water partition coefficient (Wildman–Crippen LogP) is 2.29. The van der Waals surface area contributed by atoms with Crippen LogP contribution < -0.4 is 4.90 Å². The molecule has 21 heavy (non-hydrogen) atoms. The number of benzene rings is 1. The molecule has 3 rings (SSSR count). The number of hydrogen-bond acceptors (Lipinski definition) is 4. The molecule has 0 saturated carbocycles. The van der Waals surface area contributed by atoms with Gasteiger partial charge in [-0.1, -0.05) is 6.07 Å². The van der Waals surface area contributed by atoms with Crippen LogP contribution in [-0.4, -0.2) is 42.2 Å². The molecule has 4 nitrogen and oxygen atoms in total. The van der Waals surface area contributed by atoms with E-state index >= 15 is 0 Å². The third-order valence-corrected chi connectivity index (χ3v) is 4.75. The van der Waals surface area contributed by atoms with E-state index in [4.69, 9.17) is 5.26 Å². The Kier molecular flexibility index (Phi) is 4.14. The van der Waals surface area contributed by atoms with E-state index in [1.165, 1.54) is 25.9 Å². The maximum absolute atomic E-state index is 10.0. The molecule has 2 fully saturated rings. The first-order valence-corrected chi connectivity index (χ1v) is 7.90. The first kappa shape index (κ1) is 14.4. The molecule has 0 aromatic heterocycles. The van der Waals surface area contributed by atoms with Crippen LogP contribution in [0.2, 0.25) is 0 Å². The second-order valence-electron chi connectivity index (χ2n) is 6.19. The molecule has 2 saturated heterocycles. The van der Waals surface area contributed by atoms with E-state index in [9.17, 15) is 5.11 Å². The van der Waals surface area contributed by atoms with Gasteiger partial charge in [0.2, 0.25) is 0 Å². The van der Waals surface area contributed by atoms with Crippen molar-refractivity contribution in [1.29, 1.82) is 5.26 Å². The van der Waals surface area contributed by atoms with Crippen molar-refractivity contribution in [2.24, 2.45) is 0 Å². The Labute approximate surface area is 126 Å². The average molecular weight is 285 g/mol. The molecule has 0 radical (unpaired) electrons. The fraction of sp³-hybridized carbons (Fsp3) is 0.588. The van der Waals surface area contributed by atoms with E-state index in [0.29, 0.717) is 11.6 Å². The first-order chi connectivity index (χ1) is 10.2. The zero-order chi connectivity index (χ0) is 14.8. The Hall–Kier alpha value is -1.57. The number of aliphatic hydroxyl groups is 1. The summed E-state index contributed by atoms with van der Waals surface area (Å²) in [6.07, 6.45) is 3.20. The number of anilines is 1. The fourth-order valence-electron chi connectivity index (χ4n) is 3.67. The van der Waals surface area contributed by atoms with Crippen molar-refractivity contribution in [3.8, 4) is 6.07 Å². The van der Waals surface area contributed by atoms with Crippen LogP contribution in [0.3, 0.4) is 0 Å². The quantitative estimate of drug-likeness (QED) is 0.906. The Morgan fingerprint density at radius 1 is 1.29 bits per heavy atom. The van der Waals surface area contributed by atoms with Crippen LogP contribution in [0, 0.1) is 11.3 Å². The Balaban J connectivity index is 1.92. The highest BCUT2D eigenvalue weighted by Gasteiger charge is 2.29. The molecular formula is C17H23N3O. The van der Waals surface area contributed by atoms with Gasteiger partial charge in [-0.3, -0.25) is 4.90 Å². The van der Waals surface area contributed by atoms with E-state index in [1.54, 1.807) is 13.0 Å². The Morgan fingerprint density at radius 3 is 2.86 bits per heavy atom. The molecule has 0 spiro atoms. The molecular weight excluding hydrogens is 262 g/mol. The summed E-state index contributed by atoms with van der Waals surface area (Å²) in [6.45, 7) is 6.20. The monoisotopic (exact) mass is 285 g/mol. The lowest BCUT2D eigenvalue weighted by Gasteiger charge is -2.29. The summed E-state index contributed by atoms with van der Waals surface area (Å²) >= 11 is 0. The molecule has 0 aliphatic carbocycles. The second-order valence-corrected chi connectivity index (χ2v) is 6.19. The molecule has 2 atom stereocenters. The van der Waals surface area contributed by atoms with E-state index in [0.717, 1.165) is 30.8 Å². The van der Waals surface area contributed by atoms with E-state index in [1.807, 2.05) is 12.1 Å². The highest BCUT2D eigenvalue weighted by Crippen LogP contribution is 2.31. The van der Waals surface area contributed by atoms with Gasteiger partial charge in [0.25, 0.3) is 0 Å². The lowest BCUT2D eigenvalue weighted by molar-refractivity contribution is 0.199. The maximum atomic E-state index is 10.0. The molecule has 0 amide bonds. The van der Waals surface area contributed by atoms with Gasteiger partial charge in [-0.05, 0) is 44.9 Å². The third kappa shape index (κ3) is 2.90. The van der Waals surface area contributed by atoms with Crippen LogP contribution in [0.1, 0.15) is 43.4 Å². The van der Waals surface area contributed by atoms with Crippen molar-refractivity contribution < 1.29 is 5.11 Å². The summed E-state index contributed by atoms with van der Waals surface area (Å²) in [7, 11) is 0. The number of aliphatic hydroxyl groups excluding tert-OH is 1. The molecule has 1 N–H and O–H groups in total. The number of rotatable bonds is 2. The topological polar surface area (TPSA) is 50.5 Å². The molecule has 2 aliphatic heterocycles. The molecule has 2 unspecified atom stereocenters. The standard InChI is InChI=1S/C17H23N3O/c1-13(21)16-6-5-14(11-18)10-17(16)20-9-3-8-19-7-2-4-15(19)12-20/h5-6,10,13,15,21H,2-4,7-9,12H2,1H3. The molecule has 1 aromatic rings. The smallest absolute Gasteiger partial charge is 0.0992 e. The highest BCUT2D eigenvalue weighted by molar-refractivity contribution is 5.58. The van der Waals surface area contributed by atoms with Gasteiger partial charge in [0.15, 0.2) is 0 Å². The third-order valence-electron chi connectivity index (χ3n) is 4.75. The summed E-state index contributed by atoms with van der Waals surface area (Å²) in [6, 6.07) is 8.47. The van der Waals surface area contributed by atoms with Crippen LogP contribution in [0.25, 0.3) is 0 Å². The van der Waals surface area contributed by atoms with E-state index < -0.39 is 6.10 Å². The Morgan fingerprint density at radius 2 is 2.10 bits per heavy atom. The molecule has 2 heterocycles. The average Bonchev–Trinajstić information content (AvgIpc) is 2.83. The summed E-state index contributed by atoms with van der Waals surface area (Å²) < 4.78 is 0. The van der Waals surface area contributed by atoms with Crippen LogP contribution >= 0.6 is 0 Å². The first-order valence-electron chi connectivity index (χ1n) is 7.90. The predicted molar refractivity (Wildman–Crippen MR) is 83.2 cm³/mol. The van der Waals surface area contributed by atoms with Crippen molar-refractivity contribution in [2.45, 2.75) is 38.3 Å². The molecule has 112 valence electrons. The van der Waals surface area contributed by atoms with Gasteiger partial charge in [0.05, 0.1) is 17.7 Å². The molecule has 2 aliphatic rings. The van der Waals surface area contributed by atoms with Gasteiger partial charge < -0.3 is 10.0 Å². The van der Waals surface area contributed by atoms with Gasteiger partial charge in [0, 0.05) is 36.9 Å². The number of fused-ring (bicyclic) bond motifs is 1. The van der Waals surface area contributed by atoms with Crippen LogP contribution in [-0.2, 0) is 0 Å². The van der Waals surface area contributed by atoms with Crippen molar-refractivity contribution in [3.63, 3.8) is 0 Å².